The van der Waals surface area contributed by atoms with Crippen LogP contribution in [0.3, 0.4) is 0 Å². The van der Waals surface area contributed by atoms with Gasteiger partial charge in [0.1, 0.15) is 34.8 Å². The average molecular weight is 512 g/mol. The number of pyridine rings is 1. The maximum Gasteiger partial charge on any atom is 0.258 e. The number of aryl methyl sites for hydroxylation is 1. The summed E-state index contributed by atoms with van der Waals surface area (Å²) in [5, 5.41) is 43.9. The monoisotopic (exact) mass is 511 g/mol. The molecule has 0 saturated carbocycles. The summed E-state index contributed by atoms with van der Waals surface area (Å²) in [4.78, 5) is 17.9. The molecule has 4 N–H and O–H groups in total. The van der Waals surface area contributed by atoms with Crippen molar-refractivity contribution in [3.05, 3.63) is 76.4 Å². The molecule has 4 atom stereocenters. The second-order valence-electron chi connectivity index (χ2n) is 7.93. The van der Waals surface area contributed by atoms with Crippen LogP contribution in [0.2, 0.25) is 5.02 Å². The number of para-hydroxylation sites is 1. The SMILES string of the molecule is Cc1nc(S[C@@H]2OC[C@H](O)[C@H](O)[C@H]2O)c(C#N)c(-c2ccc(Cl)cc2)c1C(=O)Nc1ccccc1. The number of aromatic nitrogens is 1. The number of carbonyl (C=O) groups is 1. The van der Waals surface area contributed by atoms with Gasteiger partial charge in [-0.15, -0.1) is 0 Å². The number of hydrogen-bond acceptors (Lipinski definition) is 8. The number of aliphatic hydroxyl groups excluding tert-OH is 3. The highest BCUT2D eigenvalue weighted by Gasteiger charge is 2.39. The molecule has 0 bridgehead atoms. The molecule has 0 unspecified atom stereocenters. The zero-order valence-corrected chi connectivity index (χ0v) is 20.1. The minimum absolute atomic E-state index is 0.109. The van der Waals surface area contributed by atoms with Gasteiger partial charge in [-0.05, 0) is 36.8 Å². The average Bonchev–Trinajstić information content (AvgIpc) is 2.85. The Hall–Kier alpha value is -2.97. The van der Waals surface area contributed by atoms with Crippen molar-refractivity contribution in [3.63, 3.8) is 0 Å². The molecule has 180 valence electrons. The fraction of sp³-hybridized carbons (Fsp3) is 0.240. The van der Waals surface area contributed by atoms with E-state index in [0.717, 1.165) is 11.8 Å². The van der Waals surface area contributed by atoms with Crippen molar-refractivity contribution in [2.45, 2.75) is 35.7 Å². The van der Waals surface area contributed by atoms with E-state index in [1.54, 1.807) is 55.5 Å². The van der Waals surface area contributed by atoms with Gasteiger partial charge in [-0.1, -0.05) is 53.7 Å². The Morgan fingerprint density at radius 1 is 1.14 bits per heavy atom. The number of thioether (sulfide) groups is 1. The number of hydrogen-bond donors (Lipinski definition) is 4. The van der Waals surface area contributed by atoms with Gasteiger partial charge in [0.15, 0.2) is 0 Å². The minimum atomic E-state index is -1.41. The van der Waals surface area contributed by atoms with Crippen molar-refractivity contribution in [2.24, 2.45) is 0 Å². The number of anilines is 1. The second kappa shape index (κ2) is 10.7. The number of ether oxygens (including phenoxy) is 1. The first kappa shape index (κ1) is 25.1. The molecule has 1 saturated heterocycles. The summed E-state index contributed by atoms with van der Waals surface area (Å²) in [5.41, 5.74) is 1.23. The largest absolute Gasteiger partial charge is 0.388 e. The van der Waals surface area contributed by atoms with E-state index in [1.807, 2.05) is 6.07 Å². The molecule has 0 spiro atoms. The van der Waals surface area contributed by atoms with Crippen LogP contribution >= 0.6 is 23.4 Å². The van der Waals surface area contributed by atoms with Crippen LogP contribution in [0.4, 0.5) is 5.69 Å². The number of benzene rings is 2. The molecule has 1 aliphatic rings. The van der Waals surface area contributed by atoms with Crippen molar-refractivity contribution >= 4 is 35.0 Å². The van der Waals surface area contributed by atoms with E-state index in [9.17, 15) is 25.4 Å². The van der Waals surface area contributed by atoms with Crippen molar-refractivity contribution < 1.29 is 24.9 Å². The highest BCUT2D eigenvalue weighted by Crippen LogP contribution is 2.39. The summed E-state index contributed by atoms with van der Waals surface area (Å²) >= 11 is 7.01. The predicted octanol–water partition coefficient (Wildman–Crippen LogP) is 3.37. The summed E-state index contributed by atoms with van der Waals surface area (Å²) in [5.74, 6) is -0.438. The molecule has 2 aromatic carbocycles. The van der Waals surface area contributed by atoms with Gasteiger partial charge in [0.2, 0.25) is 0 Å². The van der Waals surface area contributed by atoms with Gasteiger partial charge in [-0.3, -0.25) is 4.79 Å². The first-order valence-corrected chi connectivity index (χ1v) is 12.0. The van der Waals surface area contributed by atoms with Crippen LogP contribution in [0.1, 0.15) is 21.6 Å². The maximum absolute atomic E-state index is 13.4. The Kier molecular flexibility index (Phi) is 7.72. The van der Waals surface area contributed by atoms with Gasteiger partial charge < -0.3 is 25.4 Å². The van der Waals surface area contributed by atoms with E-state index < -0.39 is 29.7 Å². The quantitative estimate of drug-likeness (QED) is 0.409. The van der Waals surface area contributed by atoms with Crippen LogP contribution in [0.25, 0.3) is 11.1 Å². The third-order valence-electron chi connectivity index (χ3n) is 5.53. The normalized spacial score (nSPS) is 21.8. The van der Waals surface area contributed by atoms with Gasteiger partial charge in [0.05, 0.1) is 23.4 Å². The Balaban J connectivity index is 1.82. The topological polar surface area (TPSA) is 136 Å². The second-order valence-corrected chi connectivity index (χ2v) is 9.46. The molecule has 8 nitrogen and oxygen atoms in total. The van der Waals surface area contributed by atoms with Crippen molar-refractivity contribution in [3.8, 4) is 17.2 Å². The lowest BCUT2D eigenvalue weighted by atomic mass is 9.94. The number of halogens is 1. The van der Waals surface area contributed by atoms with Gasteiger partial charge in [0.25, 0.3) is 5.91 Å². The molecule has 35 heavy (non-hydrogen) atoms. The maximum atomic E-state index is 13.4. The van der Waals surface area contributed by atoms with Crippen LogP contribution in [0.5, 0.6) is 0 Å². The molecule has 2 heterocycles. The molecule has 10 heteroatoms. The Morgan fingerprint density at radius 2 is 1.83 bits per heavy atom. The Labute approximate surface area is 211 Å². The van der Waals surface area contributed by atoms with Gasteiger partial charge in [-0.25, -0.2) is 4.98 Å². The van der Waals surface area contributed by atoms with E-state index in [1.165, 1.54) is 0 Å². The predicted molar refractivity (Wildman–Crippen MR) is 132 cm³/mol. The number of amides is 1. The smallest absolute Gasteiger partial charge is 0.258 e. The third-order valence-corrected chi connectivity index (χ3v) is 6.95. The van der Waals surface area contributed by atoms with E-state index in [2.05, 4.69) is 16.4 Å². The number of nitrogens with one attached hydrogen (secondary N) is 1. The molecule has 1 amide bonds. The van der Waals surface area contributed by atoms with Crippen molar-refractivity contribution in [1.82, 2.24) is 4.98 Å². The standard InChI is InChI=1S/C25H22ClN3O5S/c1-13-19(23(33)29-16-5-3-2-4-6-16)20(14-7-9-15(26)10-8-14)17(11-27)24(28-13)35-25-22(32)21(31)18(30)12-34-25/h2-10,18,21-22,25,30-32H,12H2,1H3,(H,29,33)/t18-,21-,22+,25-/m0/s1. The summed E-state index contributed by atoms with van der Waals surface area (Å²) in [6, 6.07) is 17.8. The Morgan fingerprint density at radius 3 is 2.49 bits per heavy atom. The first-order valence-electron chi connectivity index (χ1n) is 10.7. The number of carbonyl (C=O) groups excluding carboxylic acids is 1. The van der Waals surface area contributed by atoms with Gasteiger partial charge in [0, 0.05) is 16.3 Å². The van der Waals surface area contributed by atoms with Crippen molar-refractivity contribution in [1.29, 1.82) is 5.26 Å². The van der Waals surface area contributed by atoms with Crippen LogP contribution in [0.15, 0.2) is 59.6 Å². The minimum Gasteiger partial charge on any atom is -0.388 e. The first-order chi connectivity index (χ1) is 16.8. The zero-order chi connectivity index (χ0) is 25.1. The van der Waals surface area contributed by atoms with E-state index in [0.29, 0.717) is 27.5 Å². The van der Waals surface area contributed by atoms with Crippen molar-refractivity contribution in [2.75, 3.05) is 11.9 Å². The number of nitriles is 1. The molecule has 1 fully saturated rings. The number of nitrogens with zero attached hydrogens (tertiary/aromatic N) is 2. The highest BCUT2D eigenvalue weighted by molar-refractivity contribution is 7.99. The zero-order valence-electron chi connectivity index (χ0n) is 18.6. The van der Waals surface area contributed by atoms with Gasteiger partial charge >= 0.3 is 0 Å². The molecule has 0 radical (unpaired) electrons. The fourth-order valence-corrected chi connectivity index (χ4v) is 5.01. The molecule has 4 rings (SSSR count). The van der Waals surface area contributed by atoms with Gasteiger partial charge in [-0.2, -0.15) is 5.26 Å². The summed E-state index contributed by atoms with van der Waals surface area (Å²) in [6.45, 7) is 1.47. The molecular formula is C25H22ClN3O5S. The van der Waals surface area contributed by atoms with Crippen LogP contribution in [0, 0.1) is 18.3 Å². The molecule has 1 aromatic heterocycles. The molecule has 3 aromatic rings. The lowest BCUT2D eigenvalue weighted by Gasteiger charge is -2.34. The highest BCUT2D eigenvalue weighted by atomic mass is 35.5. The molecule has 0 aliphatic carbocycles. The van der Waals surface area contributed by atoms with E-state index in [4.69, 9.17) is 16.3 Å². The lowest BCUT2D eigenvalue weighted by molar-refractivity contribution is -0.161. The van der Waals surface area contributed by atoms with E-state index in [-0.39, 0.29) is 22.8 Å². The van der Waals surface area contributed by atoms with Crippen LogP contribution < -0.4 is 5.32 Å². The fourth-order valence-electron chi connectivity index (χ4n) is 3.76. The summed E-state index contributed by atoms with van der Waals surface area (Å²) < 4.78 is 5.49. The molecular weight excluding hydrogens is 490 g/mol. The summed E-state index contributed by atoms with van der Waals surface area (Å²) in [6.07, 6.45) is -4.03. The number of aliphatic hydroxyl groups is 3. The lowest BCUT2D eigenvalue weighted by Crippen LogP contribution is -2.51. The number of rotatable bonds is 5. The van der Waals surface area contributed by atoms with Crippen LogP contribution in [-0.2, 0) is 4.74 Å². The summed E-state index contributed by atoms with van der Waals surface area (Å²) in [7, 11) is 0. The van der Waals surface area contributed by atoms with Crippen LogP contribution in [-0.4, -0.2) is 56.6 Å². The van der Waals surface area contributed by atoms with E-state index >= 15 is 0 Å². The molecule has 1 aliphatic heterocycles. The Bertz CT molecular complexity index is 1270. The third kappa shape index (κ3) is 5.33.